The highest BCUT2D eigenvalue weighted by atomic mass is 79.9. The SMILES string of the molecule is Cc1ccc(S(=O)(=O)n2c(-c3cnn(C)c3)cc3c(Br)cn(C)c(=O)c32)cc1. The van der Waals surface area contributed by atoms with Crippen molar-refractivity contribution in [3.05, 3.63) is 69.3 Å². The van der Waals surface area contributed by atoms with Gasteiger partial charge in [-0.1, -0.05) is 17.7 Å². The molecule has 0 fully saturated rings. The molecule has 9 heteroatoms. The molecular weight excluding hydrogens is 444 g/mol. The first-order valence-corrected chi connectivity index (χ1v) is 10.7. The third-order valence-electron chi connectivity index (χ3n) is 4.61. The monoisotopic (exact) mass is 460 g/mol. The second-order valence-electron chi connectivity index (χ2n) is 6.67. The van der Waals surface area contributed by atoms with Crippen molar-refractivity contribution in [3.8, 4) is 11.3 Å². The first kappa shape index (κ1) is 18.7. The summed E-state index contributed by atoms with van der Waals surface area (Å²) in [5.41, 5.74) is 1.62. The van der Waals surface area contributed by atoms with E-state index in [0.29, 0.717) is 21.1 Å². The molecule has 1 aromatic carbocycles. The molecule has 0 bridgehead atoms. The Hall–Kier alpha value is -2.65. The van der Waals surface area contributed by atoms with Gasteiger partial charge in [-0.2, -0.15) is 5.10 Å². The summed E-state index contributed by atoms with van der Waals surface area (Å²) in [7, 11) is -0.680. The van der Waals surface area contributed by atoms with E-state index in [2.05, 4.69) is 21.0 Å². The molecule has 28 heavy (non-hydrogen) atoms. The van der Waals surface area contributed by atoms with Gasteiger partial charge < -0.3 is 4.57 Å². The maximum Gasteiger partial charge on any atom is 0.275 e. The Balaban J connectivity index is 2.16. The van der Waals surface area contributed by atoms with Crippen LogP contribution in [0.3, 0.4) is 0 Å². The molecule has 0 aliphatic rings. The van der Waals surface area contributed by atoms with Crippen molar-refractivity contribution in [2.75, 3.05) is 0 Å². The lowest BCUT2D eigenvalue weighted by atomic mass is 10.2. The number of nitrogens with zero attached hydrogens (tertiary/aromatic N) is 4. The molecule has 0 spiro atoms. The Morgan fingerprint density at radius 2 is 1.75 bits per heavy atom. The summed E-state index contributed by atoms with van der Waals surface area (Å²) in [5.74, 6) is 0. The zero-order valence-electron chi connectivity index (χ0n) is 15.4. The van der Waals surface area contributed by atoms with Gasteiger partial charge in [-0.25, -0.2) is 12.4 Å². The van der Waals surface area contributed by atoms with E-state index in [1.165, 1.54) is 4.57 Å². The fraction of sp³-hybridized carbons (Fsp3) is 0.158. The molecule has 0 atom stereocenters. The van der Waals surface area contributed by atoms with Crippen LogP contribution in [0.25, 0.3) is 22.2 Å². The third kappa shape index (κ3) is 2.82. The van der Waals surface area contributed by atoms with Crippen LogP contribution < -0.4 is 5.56 Å². The molecule has 0 N–H and O–H groups in total. The van der Waals surface area contributed by atoms with E-state index in [9.17, 15) is 13.2 Å². The highest BCUT2D eigenvalue weighted by Gasteiger charge is 2.27. The van der Waals surface area contributed by atoms with Crippen LogP contribution in [-0.4, -0.2) is 26.7 Å². The van der Waals surface area contributed by atoms with Gasteiger partial charge in [0.05, 0.1) is 16.8 Å². The van der Waals surface area contributed by atoms with Crippen LogP contribution in [0.4, 0.5) is 0 Å². The number of aryl methyl sites for hydroxylation is 3. The van der Waals surface area contributed by atoms with E-state index >= 15 is 0 Å². The van der Waals surface area contributed by atoms with Gasteiger partial charge in [-0.15, -0.1) is 0 Å². The van der Waals surface area contributed by atoms with Crippen molar-refractivity contribution in [1.29, 1.82) is 0 Å². The van der Waals surface area contributed by atoms with Gasteiger partial charge in [0, 0.05) is 41.9 Å². The third-order valence-corrected chi connectivity index (χ3v) is 6.96. The molecule has 4 aromatic rings. The fourth-order valence-corrected chi connectivity index (χ4v) is 5.30. The van der Waals surface area contributed by atoms with Crippen LogP contribution in [0.15, 0.2) is 63.1 Å². The van der Waals surface area contributed by atoms with Gasteiger partial charge >= 0.3 is 0 Å². The van der Waals surface area contributed by atoms with Gasteiger partial charge in [0.1, 0.15) is 5.52 Å². The minimum atomic E-state index is -4.02. The molecule has 144 valence electrons. The van der Waals surface area contributed by atoms with Crippen LogP contribution in [0.2, 0.25) is 0 Å². The Kier molecular flexibility index (Phi) is 4.31. The van der Waals surface area contributed by atoms with E-state index in [1.807, 2.05) is 6.92 Å². The summed E-state index contributed by atoms with van der Waals surface area (Å²) in [6.07, 6.45) is 4.92. The van der Waals surface area contributed by atoms with Crippen LogP contribution in [0.5, 0.6) is 0 Å². The van der Waals surface area contributed by atoms with Gasteiger partial charge in [0.25, 0.3) is 15.6 Å². The zero-order chi connectivity index (χ0) is 20.2. The molecule has 3 heterocycles. The minimum Gasteiger partial charge on any atom is -0.316 e. The number of halogens is 1. The quantitative estimate of drug-likeness (QED) is 0.470. The maximum absolute atomic E-state index is 13.6. The number of rotatable bonds is 3. The molecule has 0 unspecified atom stereocenters. The summed E-state index contributed by atoms with van der Waals surface area (Å²) in [6.45, 7) is 1.88. The van der Waals surface area contributed by atoms with Crippen molar-refractivity contribution >= 4 is 36.9 Å². The smallest absolute Gasteiger partial charge is 0.275 e. The lowest BCUT2D eigenvalue weighted by Crippen LogP contribution is -2.23. The second kappa shape index (κ2) is 6.46. The predicted molar refractivity (Wildman–Crippen MR) is 111 cm³/mol. The van der Waals surface area contributed by atoms with Gasteiger partial charge in [0.15, 0.2) is 0 Å². The lowest BCUT2D eigenvalue weighted by molar-refractivity contribution is 0.589. The molecule has 3 aromatic heterocycles. The van der Waals surface area contributed by atoms with Crippen LogP contribution in [0, 0.1) is 6.92 Å². The van der Waals surface area contributed by atoms with Crippen molar-refractivity contribution in [1.82, 2.24) is 18.3 Å². The highest BCUT2D eigenvalue weighted by molar-refractivity contribution is 9.10. The number of benzene rings is 1. The first-order valence-electron chi connectivity index (χ1n) is 8.42. The Morgan fingerprint density at radius 1 is 1.07 bits per heavy atom. The maximum atomic E-state index is 13.6. The van der Waals surface area contributed by atoms with E-state index in [-0.39, 0.29) is 10.4 Å². The number of pyridine rings is 1. The highest BCUT2D eigenvalue weighted by Crippen LogP contribution is 2.33. The Morgan fingerprint density at radius 3 is 2.36 bits per heavy atom. The molecule has 0 amide bonds. The van der Waals surface area contributed by atoms with Crippen molar-refractivity contribution in [2.45, 2.75) is 11.8 Å². The van der Waals surface area contributed by atoms with Gasteiger partial charge in [-0.05, 0) is 41.1 Å². The van der Waals surface area contributed by atoms with E-state index < -0.39 is 15.6 Å². The zero-order valence-corrected chi connectivity index (χ0v) is 17.8. The first-order chi connectivity index (χ1) is 13.2. The normalized spacial score (nSPS) is 12.0. The van der Waals surface area contributed by atoms with Gasteiger partial charge in [0.2, 0.25) is 0 Å². The standard InChI is InChI=1S/C19H17BrN4O3S/c1-12-4-6-14(7-5-12)28(26,27)24-17(13-9-21-23(3)10-13)8-15-16(20)11-22(2)19(25)18(15)24/h4-11H,1-3H3. The molecule has 0 aliphatic carbocycles. The molecule has 0 radical (unpaired) electrons. The Labute approximate surface area is 170 Å². The average Bonchev–Trinajstić information content (AvgIpc) is 3.24. The van der Waals surface area contributed by atoms with Crippen LogP contribution in [-0.2, 0) is 24.1 Å². The number of hydrogen-bond acceptors (Lipinski definition) is 4. The molecular formula is C19H17BrN4O3S. The average molecular weight is 461 g/mol. The second-order valence-corrected chi connectivity index (χ2v) is 9.31. The number of hydrogen-bond donors (Lipinski definition) is 0. The number of fused-ring (bicyclic) bond motifs is 1. The van der Waals surface area contributed by atoms with Crippen LogP contribution >= 0.6 is 15.9 Å². The van der Waals surface area contributed by atoms with E-state index in [1.54, 1.807) is 67.7 Å². The summed E-state index contributed by atoms with van der Waals surface area (Å²) < 4.78 is 31.8. The number of aromatic nitrogens is 4. The fourth-order valence-electron chi connectivity index (χ4n) is 3.16. The minimum absolute atomic E-state index is 0.0938. The molecule has 0 saturated carbocycles. The lowest BCUT2D eigenvalue weighted by Gasteiger charge is -2.12. The summed E-state index contributed by atoms with van der Waals surface area (Å²) >= 11 is 3.45. The molecule has 0 saturated heterocycles. The summed E-state index contributed by atoms with van der Waals surface area (Å²) in [6, 6.07) is 8.26. The van der Waals surface area contributed by atoms with E-state index in [0.717, 1.165) is 9.54 Å². The van der Waals surface area contributed by atoms with Crippen molar-refractivity contribution in [2.24, 2.45) is 14.1 Å². The molecule has 4 rings (SSSR count). The largest absolute Gasteiger partial charge is 0.316 e. The van der Waals surface area contributed by atoms with Gasteiger partial charge in [-0.3, -0.25) is 9.48 Å². The molecule has 0 aliphatic heterocycles. The van der Waals surface area contributed by atoms with Crippen molar-refractivity contribution < 1.29 is 8.42 Å². The molecule has 7 nitrogen and oxygen atoms in total. The van der Waals surface area contributed by atoms with Crippen LogP contribution in [0.1, 0.15) is 5.56 Å². The van der Waals surface area contributed by atoms with E-state index in [4.69, 9.17) is 0 Å². The Bertz CT molecular complexity index is 1380. The summed E-state index contributed by atoms with van der Waals surface area (Å²) in [4.78, 5) is 13.0. The topological polar surface area (TPSA) is 78.9 Å². The predicted octanol–water partition coefficient (Wildman–Crippen LogP) is 3.05. The summed E-state index contributed by atoms with van der Waals surface area (Å²) in [5, 5.41) is 4.67. The van der Waals surface area contributed by atoms with Crippen molar-refractivity contribution in [3.63, 3.8) is 0 Å².